The Morgan fingerprint density at radius 1 is 1.29 bits per heavy atom. The molecule has 4 heteroatoms. The smallest absolute Gasteiger partial charge is 0.0674 e. The molecule has 21 heavy (non-hydrogen) atoms. The van der Waals surface area contributed by atoms with E-state index < -0.39 is 0 Å². The van der Waals surface area contributed by atoms with Crippen LogP contribution in [0.25, 0.3) is 0 Å². The predicted octanol–water partition coefficient (Wildman–Crippen LogP) is 2.28. The van der Waals surface area contributed by atoms with Gasteiger partial charge < -0.3 is 14.8 Å². The largest absolute Gasteiger partial charge is 0.381 e. The average Bonchev–Trinajstić information content (AvgIpc) is 2.41. The third-order valence-corrected chi connectivity index (χ3v) is 4.67. The van der Waals surface area contributed by atoms with Gasteiger partial charge in [0.15, 0.2) is 0 Å². The maximum Gasteiger partial charge on any atom is 0.0674 e. The molecule has 0 aliphatic carbocycles. The second-order valence-corrected chi connectivity index (χ2v) is 8.18. The van der Waals surface area contributed by atoms with E-state index >= 15 is 0 Å². The normalized spacial score (nSPS) is 35.9. The van der Waals surface area contributed by atoms with Crippen LogP contribution < -0.4 is 5.32 Å². The zero-order valence-electron chi connectivity index (χ0n) is 14.6. The first-order chi connectivity index (χ1) is 9.80. The lowest BCUT2D eigenvalue weighted by Gasteiger charge is -2.46. The van der Waals surface area contributed by atoms with Crippen molar-refractivity contribution in [1.82, 2.24) is 10.2 Å². The summed E-state index contributed by atoms with van der Waals surface area (Å²) in [6.45, 7) is 17.0. The van der Waals surface area contributed by atoms with Gasteiger partial charge in [-0.25, -0.2) is 0 Å². The number of nitrogens with one attached hydrogen (secondary N) is 1. The summed E-state index contributed by atoms with van der Waals surface area (Å²) in [5.74, 6) is 0. The van der Waals surface area contributed by atoms with Crippen LogP contribution in [0.4, 0.5) is 0 Å². The van der Waals surface area contributed by atoms with E-state index in [0.29, 0.717) is 12.1 Å². The fourth-order valence-corrected chi connectivity index (χ4v) is 3.31. The van der Waals surface area contributed by atoms with Gasteiger partial charge in [-0.2, -0.15) is 0 Å². The van der Waals surface area contributed by atoms with Gasteiger partial charge in [0.1, 0.15) is 0 Å². The lowest BCUT2D eigenvalue weighted by molar-refractivity contribution is -0.0864. The number of morpholine rings is 1. The topological polar surface area (TPSA) is 33.7 Å². The first-order valence-corrected chi connectivity index (χ1v) is 8.48. The maximum absolute atomic E-state index is 5.86. The summed E-state index contributed by atoms with van der Waals surface area (Å²) in [6.07, 6.45) is 2.78. The molecule has 2 fully saturated rings. The van der Waals surface area contributed by atoms with E-state index in [1.54, 1.807) is 0 Å². The van der Waals surface area contributed by atoms with Crippen molar-refractivity contribution >= 4 is 0 Å². The molecule has 0 aromatic carbocycles. The Morgan fingerprint density at radius 2 is 2.05 bits per heavy atom. The van der Waals surface area contributed by atoms with E-state index in [1.807, 2.05) is 0 Å². The Bertz CT molecular complexity index is 321. The van der Waals surface area contributed by atoms with Crippen LogP contribution in [0.1, 0.15) is 47.5 Å². The highest BCUT2D eigenvalue weighted by Crippen LogP contribution is 2.31. The third kappa shape index (κ3) is 5.20. The van der Waals surface area contributed by atoms with Crippen LogP contribution >= 0.6 is 0 Å². The predicted molar refractivity (Wildman–Crippen MR) is 86.7 cm³/mol. The molecule has 0 bridgehead atoms. The van der Waals surface area contributed by atoms with Crippen LogP contribution in [0.2, 0.25) is 0 Å². The standard InChI is InChI=1S/C17H34N2O2/c1-14-10-21-15(2)9-19(14)12-17(7-6-8-20-13-17)11-18-16(3,4)5/h14-15,18H,6-13H2,1-5H3. The third-order valence-electron chi connectivity index (χ3n) is 4.67. The highest BCUT2D eigenvalue weighted by molar-refractivity contribution is 4.91. The molecule has 3 atom stereocenters. The minimum absolute atomic E-state index is 0.161. The van der Waals surface area contributed by atoms with Gasteiger partial charge in [-0.3, -0.25) is 4.90 Å². The second kappa shape index (κ2) is 6.95. The molecular formula is C17H34N2O2. The Kier molecular flexibility index (Phi) is 5.69. The summed E-state index contributed by atoms with van der Waals surface area (Å²) >= 11 is 0. The molecule has 2 rings (SSSR count). The van der Waals surface area contributed by atoms with Crippen LogP contribution in [0.15, 0.2) is 0 Å². The Labute approximate surface area is 130 Å². The number of rotatable bonds is 4. The van der Waals surface area contributed by atoms with Gasteiger partial charge in [0.05, 0.1) is 19.3 Å². The van der Waals surface area contributed by atoms with Gasteiger partial charge in [0, 0.05) is 43.2 Å². The summed E-state index contributed by atoms with van der Waals surface area (Å²) in [7, 11) is 0. The molecule has 0 radical (unpaired) electrons. The van der Waals surface area contributed by atoms with Crippen molar-refractivity contribution in [3.8, 4) is 0 Å². The molecule has 0 aromatic heterocycles. The van der Waals surface area contributed by atoms with E-state index in [2.05, 4.69) is 44.8 Å². The average molecular weight is 298 g/mol. The van der Waals surface area contributed by atoms with E-state index in [9.17, 15) is 0 Å². The van der Waals surface area contributed by atoms with Crippen LogP contribution in [0, 0.1) is 5.41 Å². The van der Waals surface area contributed by atoms with Crippen molar-refractivity contribution in [2.75, 3.05) is 39.5 Å². The minimum Gasteiger partial charge on any atom is -0.381 e. The maximum atomic E-state index is 5.86. The summed E-state index contributed by atoms with van der Waals surface area (Å²) in [5, 5.41) is 3.71. The fraction of sp³-hybridized carbons (Fsp3) is 1.00. The zero-order valence-corrected chi connectivity index (χ0v) is 14.6. The van der Waals surface area contributed by atoms with Gasteiger partial charge in [-0.15, -0.1) is 0 Å². The lowest BCUT2D eigenvalue weighted by atomic mass is 9.80. The molecule has 2 aliphatic rings. The van der Waals surface area contributed by atoms with E-state index in [4.69, 9.17) is 9.47 Å². The minimum atomic E-state index is 0.161. The van der Waals surface area contributed by atoms with Gasteiger partial charge in [0.2, 0.25) is 0 Å². The molecular weight excluding hydrogens is 264 g/mol. The highest BCUT2D eigenvalue weighted by Gasteiger charge is 2.38. The lowest BCUT2D eigenvalue weighted by Crippen LogP contribution is -2.57. The van der Waals surface area contributed by atoms with Crippen LogP contribution in [-0.2, 0) is 9.47 Å². The Balaban J connectivity index is 2.01. The Hall–Kier alpha value is -0.160. The highest BCUT2D eigenvalue weighted by atomic mass is 16.5. The molecule has 124 valence electrons. The molecule has 2 heterocycles. The SMILES string of the molecule is CC1CN(CC2(CNC(C)(C)C)CCCOC2)C(C)CO1. The fourth-order valence-electron chi connectivity index (χ4n) is 3.31. The first kappa shape index (κ1) is 17.2. The van der Waals surface area contributed by atoms with Crippen LogP contribution in [0.3, 0.4) is 0 Å². The van der Waals surface area contributed by atoms with Crippen molar-refractivity contribution in [2.24, 2.45) is 5.41 Å². The van der Waals surface area contributed by atoms with E-state index in [0.717, 1.165) is 39.5 Å². The quantitative estimate of drug-likeness (QED) is 0.863. The summed E-state index contributed by atoms with van der Waals surface area (Å²) < 4.78 is 11.6. The van der Waals surface area contributed by atoms with E-state index in [1.165, 1.54) is 12.8 Å². The number of ether oxygens (including phenoxy) is 2. The Morgan fingerprint density at radius 3 is 2.67 bits per heavy atom. The van der Waals surface area contributed by atoms with Crippen molar-refractivity contribution < 1.29 is 9.47 Å². The summed E-state index contributed by atoms with van der Waals surface area (Å²) in [4.78, 5) is 2.60. The molecule has 2 saturated heterocycles. The van der Waals surface area contributed by atoms with Crippen LogP contribution in [-0.4, -0.2) is 62.0 Å². The van der Waals surface area contributed by atoms with Crippen molar-refractivity contribution in [1.29, 1.82) is 0 Å². The van der Waals surface area contributed by atoms with Crippen molar-refractivity contribution in [2.45, 2.75) is 65.1 Å². The van der Waals surface area contributed by atoms with Gasteiger partial charge in [-0.1, -0.05) is 0 Å². The van der Waals surface area contributed by atoms with E-state index in [-0.39, 0.29) is 11.0 Å². The first-order valence-electron chi connectivity index (χ1n) is 8.48. The van der Waals surface area contributed by atoms with Crippen molar-refractivity contribution in [3.63, 3.8) is 0 Å². The molecule has 4 nitrogen and oxygen atoms in total. The second-order valence-electron chi connectivity index (χ2n) is 8.18. The molecule has 2 aliphatic heterocycles. The number of hydrogen-bond acceptors (Lipinski definition) is 4. The molecule has 1 N–H and O–H groups in total. The summed E-state index contributed by atoms with van der Waals surface area (Å²) in [5.41, 5.74) is 0.408. The molecule has 0 saturated carbocycles. The molecule has 0 amide bonds. The molecule has 0 aromatic rings. The van der Waals surface area contributed by atoms with Gasteiger partial charge in [0.25, 0.3) is 0 Å². The molecule has 0 spiro atoms. The van der Waals surface area contributed by atoms with Crippen molar-refractivity contribution in [3.05, 3.63) is 0 Å². The van der Waals surface area contributed by atoms with Gasteiger partial charge >= 0.3 is 0 Å². The number of nitrogens with zero attached hydrogens (tertiary/aromatic N) is 1. The summed E-state index contributed by atoms with van der Waals surface area (Å²) in [6, 6.07) is 0.509. The zero-order chi connectivity index (χ0) is 15.5. The van der Waals surface area contributed by atoms with Gasteiger partial charge in [-0.05, 0) is 47.5 Å². The monoisotopic (exact) mass is 298 g/mol. The van der Waals surface area contributed by atoms with Crippen LogP contribution in [0.5, 0.6) is 0 Å². The number of hydrogen-bond donors (Lipinski definition) is 1. The molecule has 3 unspecified atom stereocenters.